The molecule has 0 bridgehead atoms. The quantitative estimate of drug-likeness (QED) is 0.932. The minimum Gasteiger partial charge on any atom is -0.338 e. The summed E-state index contributed by atoms with van der Waals surface area (Å²) in [6, 6.07) is 6.12. The fourth-order valence-electron chi connectivity index (χ4n) is 3.50. The zero-order valence-corrected chi connectivity index (χ0v) is 13.2. The van der Waals surface area contributed by atoms with Crippen molar-refractivity contribution in [1.29, 1.82) is 0 Å². The van der Waals surface area contributed by atoms with E-state index in [-0.39, 0.29) is 17.7 Å². The fourth-order valence-corrected chi connectivity index (χ4v) is 3.50. The smallest absolute Gasteiger partial charge is 0.227 e. The molecule has 4 nitrogen and oxygen atoms in total. The van der Waals surface area contributed by atoms with Crippen molar-refractivity contribution in [3.8, 4) is 0 Å². The first-order chi connectivity index (χ1) is 10.7. The lowest BCUT2D eigenvalue weighted by atomic mass is 9.98. The van der Waals surface area contributed by atoms with E-state index in [9.17, 15) is 9.59 Å². The second kappa shape index (κ2) is 6.51. The number of benzene rings is 1. The molecule has 0 aromatic heterocycles. The van der Waals surface area contributed by atoms with Crippen molar-refractivity contribution in [2.75, 3.05) is 11.9 Å². The van der Waals surface area contributed by atoms with E-state index in [1.807, 2.05) is 24.0 Å². The molecule has 118 valence electrons. The molecule has 0 atom stereocenters. The molecule has 2 amide bonds. The van der Waals surface area contributed by atoms with Crippen LogP contribution in [-0.4, -0.2) is 23.3 Å². The number of carbonyl (C=O) groups is 2. The van der Waals surface area contributed by atoms with Gasteiger partial charge in [-0.1, -0.05) is 25.8 Å². The Kier molecular flexibility index (Phi) is 4.46. The predicted octanol–water partition coefficient (Wildman–Crippen LogP) is 3.11. The molecule has 1 saturated carbocycles. The summed E-state index contributed by atoms with van der Waals surface area (Å²) < 4.78 is 0. The van der Waals surface area contributed by atoms with Gasteiger partial charge in [0, 0.05) is 31.1 Å². The third-order valence-corrected chi connectivity index (χ3v) is 4.87. The van der Waals surface area contributed by atoms with Gasteiger partial charge in [0.2, 0.25) is 11.8 Å². The van der Waals surface area contributed by atoms with Crippen LogP contribution in [0.5, 0.6) is 0 Å². The van der Waals surface area contributed by atoms with Crippen LogP contribution < -0.4 is 5.32 Å². The lowest BCUT2D eigenvalue weighted by Gasteiger charge is -2.29. The molecular formula is C18H24N2O2. The van der Waals surface area contributed by atoms with Gasteiger partial charge in [-0.05, 0) is 42.5 Å². The van der Waals surface area contributed by atoms with Crippen LogP contribution in [0.2, 0.25) is 0 Å². The van der Waals surface area contributed by atoms with Gasteiger partial charge in [0.25, 0.3) is 0 Å². The number of nitrogens with one attached hydrogen (secondary N) is 1. The first kappa shape index (κ1) is 15.1. The number of amides is 2. The highest BCUT2D eigenvalue weighted by molar-refractivity contribution is 5.92. The lowest BCUT2D eigenvalue weighted by Crippen LogP contribution is -2.35. The first-order valence-corrected chi connectivity index (χ1v) is 8.38. The molecule has 1 heterocycles. The molecular weight excluding hydrogens is 276 g/mol. The molecule has 1 aromatic carbocycles. The molecule has 1 fully saturated rings. The summed E-state index contributed by atoms with van der Waals surface area (Å²) in [6.07, 6.45) is 5.79. The highest BCUT2D eigenvalue weighted by Gasteiger charge is 2.23. The van der Waals surface area contributed by atoms with Crippen LogP contribution in [0.1, 0.15) is 50.2 Å². The summed E-state index contributed by atoms with van der Waals surface area (Å²) in [6.45, 7) is 3.36. The van der Waals surface area contributed by atoms with Crippen LogP contribution in [0.3, 0.4) is 0 Å². The van der Waals surface area contributed by atoms with Crippen molar-refractivity contribution in [2.24, 2.45) is 5.92 Å². The second-order valence-electron chi connectivity index (χ2n) is 6.37. The summed E-state index contributed by atoms with van der Waals surface area (Å²) >= 11 is 0. The van der Waals surface area contributed by atoms with Gasteiger partial charge in [0.1, 0.15) is 0 Å². The van der Waals surface area contributed by atoms with E-state index in [0.717, 1.165) is 49.9 Å². The van der Waals surface area contributed by atoms with E-state index in [2.05, 4.69) is 11.4 Å². The van der Waals surface area contributed by atoms with Gasteiger partial charge in [0.05, 0.1) is 0 Å². The number of anilines is 1. The van der Waals surface area contributed by atoms with Crippen LogP contribution in [-0.2, 0) is 22.6 Å². The molecule has 2 aliphatic rings. The molecule has 1 aliphatic carbocycles. The number of hydrogen-bond acceptors (Lipinski definition) is 2. The van der Waals surface area contributed by atoms with Crippen LogP contribution >= 0.6 is 0 Å². The number of hydrogen-bond donors (Lipinski definition) is 1. The van der Waals surface area contributed by atoms with E-state index < -0.39 is 0 Å². The SMILES string of the molecule is CCC(=O)N1CCc2ccc(NC(=O)C3CCCC3)cc2C1. The zero-order valence-electron chi connectivity index (χ0n) is 13.2. The largest absolute Gasteiger partial charge is 0.338 e. The van der Waals surface area contributed by atoms with E-state index in [0.29, 0.717) is 13.0 Å². The van der Waals surface area contributed by atoms with Gasteiger partial charge >= 0.3 is 0 Å². The van der Waals surface area contributed by atoms with Crippen molar-refractivity contribution in [3.05, 3.63) is 29.3 Å². The number of rotatable bonds is 3. The van der Waals surface area contributed by atoms with E-state index >= 15 is 0 Å². The van der Waals surface area contributed by atoms with Crippen molar-refractivity contribution >= 4 is 17.5 Å². The summed E-state index contributed by atoms with van der Waals surface area (Å²) in [4.78, 5) is 26.0. The molecule has 0 saturated heterocycles. The van der Waals surface area contributed by atoms with E-state index in [4.69, 9.17) is 0 Å². The maximum Gasteiger partial charge on any atom is 0.227 e. The van der Waals surface area contributed by atoms with Gasteiger partial charge in [-0.25, -0.2) is 0 Å². The monoisotopic (exact) mass is 300 g/mol. The summed E-state index contributed by atoms with van der Waals surface area (Å²) in [5.41, 5.74) is 3.32. The molecule has 1 aromatic rings. The minimum absolute atomic E-state index is 0.148. The van der Waals surface area contributed by atoms with Gasteiger partial charge in [-0.3, -0.25) is 9.59 Å². The Bertz CT molecular complexity index is 576. The van der Waals surface area contributed by atoms with E-state index in [1.165, 1.54) is 5.56 Å². The third kappa shape index (κ3) is 3.16. The number of carbonyl (C=O) groups excluding carboxylic acids is 2. The number of nitrogens with zero attached hydrogens (tertiary/aromatic N) is 1. The molecule has 22 heavy (non-hydrogen) atoms. The Balaban J connectivity index is 1.70. The number of fused-ring (bicyclic) bond motifs is 1. The van der Waals surface area contributed by atoms with Crippen molar-refractivity contribution in [1.82, 2.24) is 4.90 Å². The summed E-state index contributed by atoms with van der Waals surface area (Å²) in [7, 11) is 0. The Morgan fingerprint density at radius 3 is 2.73 bits per heavy atom. The van der Waals surface area contributed by atoms with Gasteiger partial charge in [-0.2, -0.15) is 0 Å². The Labute approximate surface area is 131 Å². The lowest BCUT2D eigenvalue weighted by molar-refractivity contribution is -0.131. The van der Waals surface area contributed by atoms with Gasteiger partial charge < -0.3 is 10.2 Å². The summed E-state index contributed by atoms with van der Waals surface area (Å²) in [5.74, 6) is 0.523. The predicted molar refractivity (Wildman–Crippen MR) is 86.4 cm³/mol. The minimum atomic E-state index is 0.148. The average molecular weight is 300 g/mol. The molecule has 1 aliphatic heterocycles. The maximum absolute atomic E-state index is 12.2. The first-order valence-electron chi connectivity index (χ1n) is 8.38. The van der Waals surface area contributed by atoms with Crippen molar-refractivity contribution in [2.45, 2.75) is 52.0 Å². The fraction of sp³-hybridized carbons (Fsp3) is 0.556. The van der Waals surface area contributed by atoms with Crippen LogP contribution in [0, 0.1) is 5.92 Å². The zero-order chi connectivity index (χ0) is 15.5. The topological polar surface area (TPSA) is 49.4 Å². The molecule has 0 spiro atoms. The highest BCUT2D eigenvalue weighted by Crippen LogP contribution is 2.27. The van der Waals surface area contributed by atoms with Crippen LogP contribution in [0.25, 0.3) is 0 Å². The van der Waals surface area contributed by atoms with Crippen molar-refractivity contribution < 1.29 is 9.59 Å². The van der Waals surface area contributed by atoms with Crippen LogP contribution in [0.4, 0.5) is 5.69 Å². The van der Waals surface area contributed by atoms with Crippen LogP contribution in [0.15, 0.2) is 18.2 Å². The maximum atomic E-state index is 12.2. The molecule has 0 radical (unpaired) electrons. The highest BCUT2D eigenvalue weighted by atomic mass is 16.2. The molecule has 4 heteroatoms. The van der Waals surface area contributed by atoms with Crippen molar-refractivity contribution in [3.63, 3.8) is 0 Å². The van der Waals surface area contributed by atoms with Gasteiger partial charge in [-0.15, -0.1) is 0 Å². The average Bonchev–Trinajstić information content (AvgIpc) is 3.08. The Hall–Kier alpha value is -1.84. The normalized spacial score (nSPS) is 18.1. The standard InChI is InChI=1S/C18H24N2O2/c1-2-17(21)20-10-9-13-7-8-16(11-15(13)12-20)19-18(22)14-5-3-4-6-14/h7-8,11,14H,2-6,9-10,12H2,1H3,(H,19,22). The molecule has 1 N–H and O–H groups in total. The molecule has 0 unspecified atom stereocenters. The Morgan fingerprint density at radius 1 is 1.23 bits per heavy atom. The summed E-state index contributed by atoms with van der Waals surface area (Å²) in [5, 5.41) is 3.05. The van der Waals surface area contributed by atoms with Gasteiger partial charge in [0.15, 0.2) is 0 Å². The molecule has 3 rings (SSSR count). The van der Waals surface area contributed by atoms with E-state index in [1.54, 1.807) is 0 Å². The Morgan fingerprint density at radius 2 is 2.00 bits per heavy atom. The third-order valence-electron chi connectivity index (χ3n) is 4.87. The second-order valence-corrected chi connectivity index (χ2v) is 6.37.